The Morgan fingerprint density at radius 1 is 1.00 bits per heavy atom. The number of hydrogen-bond acceptors (Lipinski definition) is 6. The monoisotopic (exact) mass is 366 g/mol. The molecule has 1 fully saturated rings. The summed E-state index contributed by atoms with van der Waals surface area (Å²) < 4.78 is 16.1. The molecule has 8 heteroatoms. The Bertz CT molecular complexity index is 663. The summed E-state index contributed by atoms with van der Waals surface area (Å²) in [4.78, 5) is 27.3. The van der Waals surface area contributed by atoms with Gasteiger partial charge in [0.1, 0.15) is 6.04 Å². The fourth-order valence-corrected chi connectivity index (χ4v) is 3.34. The summed E-state index contributed by atoms with van der Waals surface area (Å²) in [7, 11) is 4.47. The molecule has 1 aliphatic rings. The van der Waals surface area contributed by atoms with Crippen LogP contribution in [0.2, 0.25) is 0 Å². The maximum Gasteiger partial charge on any atom is 0.325 e. The quantitative estimate of drug-likeness (QED) is 0.814. The van der Waals surface area contributed by atoms with Crippen molar-refractivity contribution in [1.29, 1.82) is 0 Å². The van der Waals surface area contributed by atoms with E-state index >= 15 is 0 Å². The van der Waals surface area contributed by atoms with E-state index in [1.54, 1.807) is 17.0 Å². The number of rotatable bonds is 6. The molecule has 1 aliphatic heterocycles. The lowest BCUT2D eigenvalue weighted by Gasteiger charge is -2.29. The SMILES string of the molecule is COc1ccc(C(C(=O)O)N2CCCN(C(C)=O)CC2)c(OC)c1OC. The van der Waals surface area contributed by atoms with Crippen LogP contribution >= 0.6 is 0 Å². The zero-order chi connectivity index (χ0) is 19.3. The van der Waals surface area contributed by atoms with Gasteiger partial charge in [0.15, 0.2) is 11.5 Å². The van der Waals surface area contributed by atoms with Gasteiger partial charge < -0.3 is 24.2 Å². The molecule has 0 saturated carbocycles. The normalized spacial score (nSPS) is 16.5. The molecule has 0 radical (unpaired) electrons. The fraction of sp³-hybridized carbons (Fsp3) is 0.556. The summed E-state index contributed by atoms with van der Waals surface area (Å²) in [5, 5.41) is 9.91. The minimum Gasteiger partial charge on any atom is -0.493 e. The van der Waals surface area contributed by atoms with Crippen LogP contribution in [0.4, 0.5) is 0 Å². The highest BCUT2D eigenvalue weighted by molar-refractivity contribution is 5.78. The second kappa shape index (κ2) is 8.75. The summed E-state index contributed by atoms with van der Waals surface area (Å²) in [6.07, 6.45) is 0.707. The number of carbonyl (C=O) groups excluding carboxylic acids is 1. The first-order chi connectivity index (χ1) is 12.4. The number of carboxylic acid groups (broad SMARTS) is 1. The molecular formula is C18H26N2O6. The Morgan fingerprint density at radius 3 is 2.23 bits per heavy atom. The molecule has 1 N–H and O–H groups in total. The Morgan fingerprint density at radius 2 is 1.69 bits per heavy atom. The minimum atomic E-state index is -0.980. The van der Waals surface area contributed by atoms with Gasteiger partial charge in [-0.2, -0.15) is 0 Å². The molecule has 1 heterocycles. The number of carboxylic acids is 1. The lowest BCUT2D eigenvalue weighted by atomic mass is 10.0. The molecule has 1 saturated heterocycles. The summed E-state index contributed by atoms with van der Waals surface area (Å²) >= 11 is 0. The van der Waals surface area contributed by atoms with E-state index in [1.807, 2.05) is 4.90 Å². The van der Waals surface area contributed by atoms with Crippen LogP contribution in [-0.2, 0) is 9.59 Å². The first kappa shape index (κ1) is 19.8. The lowest BCUT2D eigenvalue weighted by molar-refractivity contribution is -0.143. The summed E-state index contributed by atoms with van der Waals surface area (Å²) in [5.41, 5.74) is 0.494. The number of ether oxygens (including phenoxy) is 3. The number of benzene rings is 1. The largest absolute Gasteiger partial charge is 0.493 e. The average Bonchev–Trinajstić information content (AvgIpc) is 2.87. The molecule has 0 aromatic heterocycles. The van der Waals surface area contributed by atoms with Crippen LogP contribution in [0.1, 0.15) is 24.9 Å². The maximum atomic E-state index is 12.1. The third-order valence-electron chi connectivity index (χ3n) is 4.60. The average molecular weight is 366 g/mol. The third-order valence-corrected chi connectivity index (χ3v) is 4.60. The smallest absolute Gasteiger partial charge is 0.325 e. The zero-order valence-electron chi connectivity index (χ0n) is 15.7. The predicted octanol–water partition coefficient (Wildman–Crippen LogP) is 1.39. The zero-order valence-corrected chi connectivity index (χ0v) is 15.7. The van der Waals surface area contributed by atoms with Crippen molar-refractivity contribution in [3.63, 3.8) is 0 Å². The van der Waals surface area contributed by atoms with Crippen LogP contribution in [0.3, 0.4) is 0 Å². The van der Waals surface area contributed by atoms with Gasteiger partial charge in [0.2, 0.25) is 11.7 Å². The molecule has 8 nitrogen and oxygen atoms in total. The van der Waals surface area contributed by atoms with Gasteiger partial charge in [0, 0.05) is 38.7 Å². The highest BCUT2D eigenvalue weighted by Gasteiger charge is 2.33. The van der Waals surface area contributed by atoms with E-state index in [0.29, 0.717) is 55.4 Å². The van der Waals surface area contributed by atoms with Gasteiger partial charge in [-0.1, -0.05) is 0 Å². The number of carbonyl (C=O) groups is 2. The van der Waals surface area contributed by atoms with Gasteiger partial charge in [-0.25, -0.2) is 0 Å². The highest BCUT2D eigenvalue weighted by atomic mass is 16.5. The Hall–Kier alpha value is -2.48. The van der Waals surface area contributed by atoms with Crippen LogP contribution in [0.15, 0.2) is 12.1 Å². The van der Waals surface area contributed by atoms with Crippen molar-refractivity contribution in [2.45, 2.75) is 19.4 Å². The molecule has 0 aliphatic carbocycles. The van der Waals surface area contributed by atoms with Gasteiger partial charge >= 0.3 is 5.97 Å². The van der Waals surface area contributed by atoms with Crippen LogP contribution in [0.5, 0.6) is 17.2 Å². The van der Waals surface area contributed by atoms with Gasteiger partial charge in [-0.05, 0) is 18.6 Å². The van der Waals surface area contributed by atoms with E-state index in [0.717, 1.165) is 0 Å². The van der Waals surface area contributed by atoms with E-state index in [-0.39, 0.29) is 5.91 Å². The Kier molecular flexibility index (Phi) is 6.68. The first-order valence-corrected chi connectivity index (χ1v) is 8.45. The van der Waals surface area contributed by atoms with Crippen molar-refractivity contribution in [3.05, 3.63) is 17.7 Å². The molecule has 1 atom stereocenters. The molecule has 1 amide bonds. The van der Waals surface area contributed by atoms with Crippen molar-refractivity contribution in [3.8, 4) is 17.2 Å². The number of aliphatic carboxylic acids is 1. The van der Waals surface area contributed by atoms with Crippen molar-refractivity contribution >= 4 is 11.9 Å². The van der Waals surface area contributed by atoms with Crippen LogP contribution in [-0.4, -0.2) is 74.3 Å². The number of amides is 1. The molecule has 144 valence electrons. The Labute approximate surface area is 153 Å². The summed E-state index contributed by atoms with van der Waals surface area (Å²) in [6.45, 7) is 3.68. The second-order valence-electron chi connectivity index (χ2n) is 6.06. The first-order valence-electron chi connectivity index (χ1n) is 8.45. The van der Waals surface area contributed by atoms with E-state index in [1.165, 1.54) is 28.3 Å². The minimum absolute atomic E-state index is 0.00224. The van der Waals surface area contributed by atoms with Crippen molar-refractivity contribution in [1.82, 2.24) is 9.80 Å². The molecule has 1 aromatic rings. The predicted molar refractivity (Wildman–Crippen MR) is 94.9 cm³/mol. The summed E-state index contributed by atoms with van der Waals surface area (Å²) in [5.74, 6) is 0.191. The van der Waals surface area contributed by atoms with E-state index < -0.39 is 12.0 Å². The summed E-state index contributed by atoms with van der Waals surface area (Å²) in [6, 6.07) is 2.45. The maximum absolute atomic E-state index is 12.1. The van der Waals surface area contributed by atoms with E-state index in [4.69, 9.17) is 14.2 Å². The van der Waals surface area contributed by atoms with E-state index in [9.17, 15) is 14.7 Å². The molecule has 1 unspecified atom stereocenters. The number of nitrogens with zero attached hydrogens (tertiary/aromatic N) is 2. The van der Waals surface area contributed by atoms with Crippen LogP contribution in [0, 0.1) is 0 Å². The Balaban J connectivity index is 2.41. The molecule has 2 rings (SSSR count). The van der Waals surface area contributed by atoms with Gasteiger partial charge in [-0.15, -0.1) is 0 Å². The molecule has 26 heavy (non-hydrogen) atoms. The topological polar surface area (TPSA) is 88.5 Å². The van der Waals surface area contributed by atoms with Gasteiger partial charge in [-0.3, -0.25) is 14.5 Å². The fourth-order valence-electron chi connectivity index (χ4n) is 3.34. The third kappa shape index (κ3) is 4.01. The second-order valence-corrected chi connectivity index (χ2v) is 6.06. The molecular weight excluding hydrogens is 340 g/mol. The van der Waals surface area contributed by atoms with Gasteiger partial charge in [0.05, 0.1) is 21.3 Å². The number of methoxy groups -OCH3 is 3. The van der Waals surface area contributed by atoms with E-state index in [2.05, 4.69) is 0 Å². The molecule has 0 bridgehead atoms. The van der Waals surface area contributed by atoms with Crippen LogP contribution in [0.25, 0.3) is 0 Å². The van der Waals surface area contributed by atoms with Crippen molar-refractivity contribution in [2.24, 2.45) is 0 Å². The van der Waals surface area contributed by atoms with Crippen LogP contribution < -0.4 is 14.2 Å². The lowest BCUT2D eigenvalue weighted by Crippen LogP contribution is -2.38. The van der Waals surface area contributed by atoms with Crippen molar-refractivity contribution < 1.29 is 28.9 Å². The molecule has 0 spiro atoms. The van der Waals surface area contributed by atoms with Gasteiger partial charge in [0.25, 0.3) is 0 Å². The molecule has 1 aromatic carbocycles. The standard InChI is InChI=1S/C18H26N2O6/c1-12(21)19-8-5-9-20(11-10-19)15(18(22)23)13-6-7-14(24-2)17(26-4)16(13)25-3/h6-7,15H,5,8-11H2,1-4H3,(H,22,23). The van der Waals surface area contributed by atoms with Crippen molar-refractivity contribution in [2.75, 3.05) is 47.5 Å². The number of hydrogen-bond donors (Lipinski definition) is 1. The highest BCUT2D eigenvalue weighted by Crippen LogP contribution is 2.43.